The number of rotatable bonds is 1. The summed E-state index contributed by atoms with van der Waals surface area (Å²) >= 11 is 4.65. The summed E-state index contributed by atoms with van der Waals surface area (Å²) in [7, 11) is 0. The molecule has 4 aliphatic rings. The Bertz CT molecular complexity index is 345. The van der Waals surface area contributed by atoms with Gasteiger partial charge in [-0.05, 0) is 48.9 Å². The van der Waals surface area contributed by atoms with Crippen molar-refractivity contribution in [1.29, 1.82) is 0 Å². The second-order valence-corrected chi connectivity index (χ2v) is 10.9. The molecule has 102 valence electrons. The summed E-state index contributed by atoms with van der Waals surface area (Å²) in [6, 6.07) is 0. The lowest BCUT2D eigenvalue weighted by molar-refractivity contribution is 0.124. The van der Waals surface area contributed by atoms with Crippen molar-refractivity contribution in [2.75, 3.05) is 0 Å². The molecular formula is C16H26S2. The Kier molecular flexibility index (Phi) is 2.83. The second-order valence-electron chi connectivity index (χ2n) is 8.07. The number of fused-ring (bicyclic) bond motifs is 2. The molecule has 0 radical (unpaired) electrons. The Hall–Kier alpha value is 0.700. The lowest BCUT2D eigenvalue weighted by atomic mass is 9.64. The Balaban J connectivity index is 1.50. The molecule has 0 bridgehead atoms. The third-order valence-electron chi connectivity index (χ3n) is 5.96. The summed E-state index contributed by atoms with van der Waals surface area (Å²) in [6.07, 6.45) is 7.68. The molecule has 0 aromatic rings. The summed E-state index contributed by atoms with van der Waals surface area (Å²) in [6.45, 7) is 7.41. The highest BCUT2D eigenvalue weighted by atomic mass is 32.2. The van der Waals surface area contributed by atoms with Gasteiger partial charge in [0.05, 0.1) is 0 Å². The molecule has 0 nitrogen and oxygen atoms in total. The molecule has 7 unspecified atom stereocenters. The number of hydrogen-bond acceptors (Lipinski definition) is 2. The van der Waals surface area contributed by atoms with Crippen LogP contribution < -0.4 is 0 Å². The van der Waals surface area contributed by atoms with Gasteiger partial charge in [-0.25, -0.2) is 0 Å². The maximum atomic E-state index is 2.47. The normalized spacial score (nSPS) is 54.5. The maximum absolute atomic E-state index is 2.47. The Morgan fingerprint density at radius 1 is 0.833 bits per heavy atom. The molecule has 2 heterocycles. The standard InChI is InChI=1S/C16H26S2/c1-16(2,3)9-7-11(15-13(8-9)18-15)10-5-4-6-12-14(10)17-12/h9-15H,4-8H2,1-3H3. The summed E-state index contributed by atoms with van der Waals surface area (Å²) in [4.78, 5) is 0. The van der Waals surface area contributed by atoms with Gasteiger partial charge in [0.25, 0.3) is 0 Å². The van der Waals surface area contributed by atoms with E-state index in [9.17, 15) is 0 Å². The minimum atomic E-state index is 0.539. The first kappa shape index (κ1) is 12.4. The van der Waals surface area contributed by atoms with E-state index >= 15 is 0 Å². The minimum absolute atomic E-state index is 0.539. The van der Waals surface area contributed by atoms with E-state index in [2.05, 4.69) is 44.3 Å². The van der Waals surface area contributed by atoms with Crippen LogP contribution in [0.25, 0.3) is 0 Å². The highest BCUT2D eigenvalue weighted by molar-refractivity contribution is 8.08. The molecule has 2 saturated carbocycles. The molecule has 0 aromatic carbocycles. The molecule has 4 rings (SSSR count). The minimum Gasteiger partial charge on any atom is -0.153 e. The van der Waals surface area contributed by atoms with E-state index in [-0.39, 0.29) is 0 Å². The van der Waals surface area contributed by atoms with Crippen LogP contribution in [0.5, 0.6) is 0 Å². The third kappa shape index (κ3) is 2.06. The molecule has 0 N–H and O–H groups in total. The summed E-state index contributed by atoms with van der Waals surface area (Å²) < 4.78 is 0. The van der Waals surface area contributed by atoms with Gasteiger partial charge in [-0.1, -0.05) is 27.2 Å². The van der Waals surface area contributed by atoms with E-state index in [0.717, 1.165) is 38.8 Å². The first-order chi connectivity index (χ1) is 8.54. The zero-order valence-electron chi connectivity index (χ0n) is 11.9. The molecule has 2 saturated heterocycles. The average molecular weight is 283 g/mol. The molecule has 2 aliphatic heterocycles. The molecule has 0 amide bonds. The van der Waals surface area contributed by atoms with Crippen molar-refractivity contribution in [3.63, 3.8) is 0 Å². The molecule has 0 aromatic heterocycles. The van der Waals surface area contributed by atoms with Crippen molar-refractivity contribution in [1.82, 2.24) is 0 Å². The van der Waals surface area contributed by atoms with Crippen LogP contribution in [-0.4, -0.2) is 21.0 Å². The Morgan fingerprint density at radius 3 is 2.33 bits per heavy atom. The predicted octanol–water partition coefficient (Wildman–Crippen LogP) is 4.83. The summed E-state index contributed by atoms with van der Waals surface area (Å²) in [5, 5.41) is 4.30. The van der Waals surface area contributed by atoms with E-state index < -0.39 is 0 Å². The summed E-state index contributed by atoms with van der Waals surface area (Å²) in [5.41, 5.74) is 0.539. The quantitative estimate of drug-likeness (QED) is 0.632. The van der Waals surface area contributed by atoms with Crippen molar-refractivity contribution in [3.8, 4) is 0 Å². The van der Waals surface area contributed by atoms with Gasteiger partial charge in [-0.3, -0.25) is 0 Å². The summed E-state index contributed by atoms with van der Waals surface area (Å²) in [5.74, 6) is 3.17. The van der Waals surface area contributed by atoms with Gasteiger partial charge in [-0.2, -0.15) is 23.5 Å². The molecule has 18 heavy (non-hydrogen) atoms. The van der Waals surface area contributed by atoms with Gasteiger partial charge in [0.2, 0.25) is 0 Å². The van der Waals surface area contributed by atoms with E-state index in [1.807, 2.05) is 0 Å². The molecule has 7 atom stereocenters. The molecule has 2 aliphatic carbocycles. The first-order valence-corrected chi connectivity index (χ1v) is 9.73. The van der Waals surface area contributed by atoms with Crippen LogP contribution in [0.4, 0.5) is 0 Å². The van der Waals surface area contributed by atoms with Gasteiger partial charge in [-0.15, -0.1) is 0 Å². The van der Waals surface area contributed by atoms with Crippen molar-refractivity contribution in [3.05, 3.63) is 0 Å². The molecular weight excluding hydrogens is 256 g/mol. The Labute approximate surface area is 120 Å². The second kappa shape index (κ2) is 4.10. The van der Waals surface area contributed by atoms with E-state index in [4.69, 9.17) is 0 Å². The van der Waals surface area contributed by atoms with Gasteiger partial charge >= 0.3 is 0 Å². The van der Waals surface area contributed by atoms with Crippen LogP contribution >= 0.6 is 23.5 Å². The van der Waals surface area contributed by atoms with Crippen molar-refractivity contribution < 1.29 is 0 Å². The maximum Gasteiger partial charge on any atom is 0.0201 e. The van der Waals surface area contributed by atoms with E-state index in [0.29, 0.717) is 5.41 Å². The van der Waals surface area contributed by atoms with Crippen molar-refractivity contribution >= 4 is 23.5 Å². The largest absolute Gasteiger partial charge is 0.153 e. The Morgan fingerprint density at radius 2 is 1.56 bits per heavy atom. The van der Waals surface area contributed by atoms with E-state index in [1.165, 1.54) is 19.3 Å². The fourth-order valence-electron chi connectivity index (χ4n) is 4.63. The smallest absolute Gasteiger partial charge is 0.0201 e. The third-order valence-corrected chi connectivity index (χ3v) is 9.03. The van der Waals surface area contributed by atoms with Gasteiger partial charge in [0.15, 0.2) is 0 Å². The van der Waals surface area contributed by atoms with Crippen LogP contribution in [0.1, 0.15) is 52.9 Å². The molecule has 4 fully saturated rings. The zero-order valence-corrected chi connectivity index (χ0v) is 13.5. The topological polar surface area (TPSA) is 0 Å². The van der Waals surface area contributed by atoms with E-state index in [1.54, 1.807) is 12.8 Å². The van der Waals surface area contributed by atoms with Gasteiger partial charge in [0.1, 0.15) is 0 Å². The lowest BCUT2D eigenvalue weighted by Crippen LogP contribution is -2.37. The lowest BCUT2D eigenvalue weighted by Gasteiger charge is -2.40. The highest BCUT2D eigenvalue weighted by Crippen LogP contribution is 2.65. The number of hydrogen-bond donors (Lipinski definition) is 0. The van der Waals surface area contributed by atoms with Crippen LogP contribution in [0.3, 0.4) is 0 Å². The molecule has 2 heteroatoms. The fourth-order valence-corrected chi connectivity index (χ4v) is 7.61. The SMILES string of the molecule is CC(C)(C)C1CC2SC2C(C2CCCC3SC32)C1. The van der Waals surface area contributed by atoms with Crippen molar-refractivity contribution in [2.24, 2.45) is 23.2 Å². The molecule has 0 spiro atoms. The first-order valence-electron chi connectivity index (χ1n) is 7.85. The number of thioether (sulfide) groups is 2. The highest BCUT2D eigenvalue weighted by Gasteiger charge is 2.58. The predicted molar refractivity (Wildman–Crippen MR) is 83.3 cm³/mol. The van der Waals surface area contributed by atoms with Crippen LogP contribution in [0, 0.1) is 23.2 Å². The fraction of sp³-hybridized carbons (Fsp3) is 1.00. The van der Waals surface area contributed by atoms with Crippen LogP contribution in [-0.2, 0) is 0 Å². The van der Waals surface area contributed by atoms with Crippen molar-refractivity contribution in [2.45, 2.75) is 73.9 Å². The average Bonchev–Trinajstić information content (AvgIpc) is 3.18. The van der Waals surface area contributed by atoms with Crippen LogP contribution in [0.15, 0.2) is 0 Å². The van der Waals surface area contributed by atoms with Gasteiger partial charge < -0.3 is 0 Å². The van der Waals surface area contributed by atoms with Gasteiger partial charge in [0, 0.05) is 21.0 Å². The monoisotopic (exact) mass is 282 g/mol. The van der Waals surface area contributed by atoms with Crippen LogP contribution in [0.2, 0.25) is 0 Å². The zero-order chi connectivity index (χ0) is 12.5.